The van der Waals surface area contributed by atoms with E-state index in [0.29, 0.717) is 0 Å². The maximum absolute atomic E-state index is 12.3. The summed E-state index contributed by atoms with van der Waals surface area (Å²) in [4.78, 5) is 22.7. The molecule has 0 unspecified atom stereocenters. The highest BCUT2D eigenvalue weighted by Gasteiger charge is 2.20. The molecule has 27 heavy (non-hydrogen) atoms. The number of carboxylic acid groups (broad SMARTS) is 1. The molecule has 0 bridgehead atoms. The van der Waals surface area contributed by atoms with Gasteiger partial charge in [0.2, 0.25) is 0 Å². The minimum atomic E-state index is -1.00. The summed E-state index contributed by atoms with van der Waals surface area (Å²) < 4.78 is 5.16. The van der Waals surface area contributed by atoms with Crippen molar-refractivity contribution in [3.8, 4) is 0 Å². The fourth-order valence-corrected chi connectivity index (χ4v) is 3.10. The number of aliphatic carboxylic acids is 1. The summed E-state index contributed by atoms with van der Waals surface area (Å²) in [7, 11) is 0. The van der Waals surface area contributed by atoms with E-state index in [-0.39, 0.29) is 24.9 Å². The second-order valence-corrected chi connectivity index (χ2v) is 7.42. The molecule has 0 rings (SSSR count). The standard InChI is InChI=1S/C21H40O6/c1-2-3-4-10-13-18(21(26)27-17-19(23)16-22)14-11-8-6-5-7-9-12-15-20(24)25/h18-19,22-23H,2-17H2,1H3,(H,24,25)/t18-,19+/m0/s1. The normalized spacial score (nSPS) is 13.3. The Bertz CT molecular complexity index is 372. The van der Waals surface area contributed by atoms with Crippen LogP contribution < -0.4 is 0 Å². The van der Waals surface area contributed by atoms with Crippen molar-refractivity contribution in [3.05, 3.63) is 0 Å². The lowest BCUT2D eigenvalue weighted by Crippen LogP contribution is -2.25. The lowest BCUT2D eigenvalue weighted by atomic mass is 9.94. The van der Waals surface area contributed by atoms with Gasteiger partial charge in [0.05, 0.1) is 12.5 Å². The molecule has 0 fully saturated rings. The molecule has 0 radical (unpaired) electrons. The summed E-state index contributed by atoms with van der Waals surface area (Å²) in [6, 6.07) is 0. The third-order valence-electron chi connectivity index (χ3n) is 4.81. The van der Waals surface area contributed by atoms with E-state index in [1.807, 2.05) is 0 Å². The number of ether oxygens (including phenoxy) is 1. The molecule has 0 aliphatic heterocycles. The van der Waals surface area contributed by atoms with Gasteiger partial charge in [-0.25, -0.2) is 0 Å². The minimum Gasteiger partial charge on any atom is -0.481 e. The zero-order valence-corrected chi connectivity index (χ0v) is 17.0. The number of hydrogen-bond donors (Lipinski definition) is 3. The van der Waals surface area contributed by atoms with E-state index >= 15 is 0 Å². The van der Waals surface area contributed by atoms with E-state index in [9.17, 15) is 14.7 Å². The number of carbonyl (C=O) groups is 2. The van der Waals surface area contributed by atoms with E-state index in [1.54, 1.807) is 0 Å². The van der Waals surface area contributed by atoms with Crippen molar-refractivity contribution in [1.82, 2.24) is 0 Å². The molecule has 0 saturated carbocycles. The van der Waals surface area contributed by atoms with Gasteiger partial charge in [0.1, 0.15) is 12.7 Å². The average Bonchev–Trinajstić information content (AvgIpc) is 2.65. The van der Waals surface area contributed by atoms with Crippen LogP contribution in [-0.2, 0) is 14.3 Å². The Kier molecular flexibility index (Phi) is 17.5. The van der Waals surface area contributed by atoms with Crippen molar-refractivity contribution in [2.24, 2.45) is 5.92 Å². The summed E-state index contributed by atoms with van der Waals surface area (Å²) in [5.41, 5.74) is 0. The molecular formula is C21H40O6. The number of unbranched alkanes of at least 4 members (excludes halogenated alkanes) is 9. The van der Waals surface area contributed by atoms with Crippen LogP contribution in [-0.4, -0.2) is 46.6 Å². The summed E-state index contributed by atoms with van der Waals surface area (Å²) in [5.74, 6) is -1.10. The lowest BCUT2D eigenvalue weighted by Gasteiger charge is -2.17. The van der Waals surface area contributed by atoms with Crippen LogP contribution in [0.15, 0.2) is 0 Å². The topological polar surface area (TPSA) is 104 Å². The van der Waals surface area contributed by atoms with Gasteiger partial charge in [-0.2, -0.15) is 0 Å². The Balaban J connectivity index is 3.97. The maximum Gasteiger partial charge on any atom is 0.309 e. The van der Waals surface area contributed by atoms with E-state index in [2.05, 4.69) is 6.92 Å². The zero-order valence-electron chi connectivity index (χ0n) is 17.0. The first-order valence-electron chi connectivity index (χ1n) is 10.7. The first-order chi connectivity index (χ1) is 13.0. The Hall–Kier alpha value is -1.14. The molecule has 0 aliphatic rings. The van der Waals surface area contributed by atoms with Crippen LogP contribution in [0.5, 0.6) is 0 Å². The van der Waals surface area contributed by atoms with E-state index in [1.165, 1.54) is 6.42 Å². The molecular weight excluding hydrogens is 348 g/mol. The molecule has 0 spiro atoms. The molecule has 0 aromatic rings. The van der Waals surface area contributed by atoms with Gasteiger partial charge in [-0.1, -0.05) is 71.1 Å². The predicted molar refractivity (Wildman–Crippen MR) is 105 cm³/mol. The van der Waals surface area contributed by atoms with Crippen LogP contribution >= 0.6 is 0 Å². The van der Waals surface area contributed by atoms with E-state index in [0.717, 1.165) is 77.0 Å². The second kappa shape index (κ2) is 18.2. The van der Waals surface area contributed by atoms with E-state index in [4.69, 9.17) is 14.9 Å². The number of hydrogen-bond acceptors (Lipinski definition) is 5. The second-order valence-electron chi connectivity index (χ2n) is 7.42. The summed E-state index contributed by atoms with van der Waals surface area (Å²) in [6.45, 7) is 1.61. The fraction of sp³-hybridized carbons (Fsp3) is 0.905. The number of carboxylic acids is 1. The van der Waals surface area contributed by atoms with Crippen LogP contribution in [0.2, 0.25) is 0 Å². The van der Waals surface area contributed by atoms with Gasteiger partial charge in [-0.15, -0.1) is 0 Å². The molecule has 0 amide bonds. The molecule has 6 heteroatoms. The molecule has 160 valence electrons. The third-order valence-corrected chi connectivity index (χ3v) is 4.81. The van der Waals surface area contributed by atoms with Crippen LogP contribution in [0, 0.1) is 5.92 Å². The third kappa shape index (κ3) is 16.7. The molecule has 3 N–H and O–H groups in total. The Morgan fingerprint density at radius 2 is 1.37 bits per heavy atom. The van der Waals surface area contributed by atoms with Crippen LogP contribution in [0.25, 0.3) is 0 Å². The molecule has 0 aromatic carbocycles. The fourth-order valence-electron chi connectivity index (χ4n) is 3.10. The van der Waals surface area contributed by atoms with Crippen molar-refractivity contribution in [2.45, 2.75) is 103 Å². The van der Waals surface area contributed by atoms with Crippen molar-refractivity contribution in [1.29, 1.82) is 0 Å². The molecule has 0 aromatic heterocycles. The molecule has 6 nitrogen and oxygen atoms in total. The molecule has 0 saturated heterocycles. The average molecular weight is 389 g/mol. The highest BCUT2D eigenvalue weighted by Crippen LogP contribution is 2.20. The smallest absolute Gasteiger partial charge is 0.309 e. The monoisotopic (exact) mass is 388 g/mol. The van der Waals surface area contributed by atoms with Gasteiger partial charge in [-0.05, 0) is 19.3 Å². The van der Waals surface area contributed by atoms with Gasteiger partial charge in [-0.3, -0.25) is 9.59 Å². The quantitative estimate of drug-likeness (QED) is 0.228. The van der Waals surface area contributed by atoms with Crippen LogP contribution in [0.4, 0.5) is 0 Å². The van der Waals surface area contributed by atoms with Gasteiger partial charge >= 0.3 is 11.9 Å². The molecule has 0 aliphatic carbocycles. The summed E-state index contributed by atoms with van der Waals surface area (Å²) in [6.07, 6.45) is 12.4. The Labute approximate surface area is 164 Å². The van der Waals surface area contributed by atoms with Crippen molar-refractivity contribution in [3.63, 3.8) is 0 Å². The van der Waals surface area contributed by atoms with Gasteiger partial charge < -0.3 is 20.1 Å². The number of aliphatic hydroxyl groups excluding tert-OH is 2. The lowest BCUT2D eigenvalue weighted by molar-refractivity contribution is -0.152. The van der Waals surface area contributed by atoms with Crippen molar-refractivity contribution < 1.29 is 29.6 Å². The van der Waals surface area contributed by atoms with E-state index < -0.39 is 18.7 Å². The highest BCUT2D eigenvalue weighted by atomic mass is 16.5. The largest absolute Gasteiger partial charge is 0.481 e. The van der Waals surface area contributed by atoms with Crippen molar-refractivity contribution in [2.75, 3.05) is 13.2 Å². The highest BCUT2D eigenvalue weighted by molar-refractivity contribution is 5.72. The zero-order chi connectivity index (χ0) is 20.3. The number of esters is 1. The molecule has 0 heterocycles. The first-order valence-corrected chi connectivity index (χ1v) is 10.7. The van der Waals surface area contributed by atoms with Crippen LogP contribution in [0.1, 0.15) is 96.8 Å². The Morgan fingerprint density at radius 3 is 1.89 bits per heavy atom. The van der Waals surface area contributed by atoms with Gasteiger partial charge in [0, 0.05) is 6.42 Å². The number of carbonyl (C=O) groups excluding carboxylic acids is 1. The number of aliphatic hydroxyl groups is 2. The summed E-state index contributed by atoms with van der Waals surface area (Å²) in [5, 5.41) is 26.8. The van der Waals surface area contributed by atoms with Gasteiger partial charge in [0.15, 0.2) is 0 Å². The molecule has 2 atom stereocenters. The summed E-state index contributed by atoms with van der Waals surface area (Å²) >= 11 is 0. The SMILES string of the molecule is CCCCCC[C@@H](CCCCCCCCCC(=O)O)C(=O)OC[C@H](O)CO. The number of rotatable bonds is 19. The first kappa shape index (κ1) is 25.9. The van der Waals surface area contributed by atoms with Gasteiger partial charge in [0.25, 0.3) is 0 Å². The Morgan fingerprint density at radius 1 is 0.852 bits per heavy atom. The maximum atomic E-state index is 12.3. The van der Waals surface area contributed by atoms with Crippen LogP contribution in [0.3, 0.4) is 0 Å². The predicted octanol–water partition coefficient (Wildman–Crippen LogP) is 4.06. The van der Waals surface area contributed by atoms with Crippen molar-refractivity contribution >= 4 is 11.9 Å². The minimum absolute atomic E-state index is 0.122.